The molecule has 0 radical (unpaired) electrons. The Balaban J connectivity index is 0.000000146. The van der Waals surface area contributed by atoms with Crippen LogP contribution < -0.4 is 60.8 Å². The van der Waals surface area contributed by atoms with E-state index in [2.05, 4.69) is 105 Å². The van der Waals surface area contributed by atoms with Gasteiger partial charge in [0.05, 0.1) is 122 Å². The zero-order chi connectivity index (χ0) is 90.0. The number of nitrogens with one attached hydrogen (secondary N) is 4. The number of aromatic amines is 4. The van der Waals surface area contributed by atoms with E-state index in [0.717, 1.165) is 74.6 Å². The Morgan fingerprint density at radius 2 is 0.508 bits per heavy atom. The van der Waals surface area contributed by atoms with Gasteiger partial charge in [-0.1, -0.05) is 46.4 Å². The van der Waals surface area contributed by atoms with Crippen LogP contribution in [0.15, 0.2) is 117 Å². The molecule has 128 heavy (non-hydrogen) atoms. The van der Waals surface area contributed by atoms with Crippen LogP contribution in [-0.2, 0) is 38.1 Å². The Labute approximate surface area is 753 Å². The van der Waals surface area contributed by atoms with E-state index in [-0.39, 0.29) is 142 Å². The maximum Gasteiger partial charge on any atom is 0.286 e. The fourth-order valence-corrected chi connectivity index (χ4v) is 16.0. The molecule has 16 rings (SSSR count). The number of carbonyl (C=O) groups excluding carboxylic acids is 4. The van der Waals surface area contributed by atoms with Gasteiger partial charge in [-0.3, -0.25) is 38.4 Å². The van der Waals surface area contributed by atoms with Crippen molar-refractivity contribution in [3.8, 4) is 47.3 Å². The molecular weight excluding hydrogens is 1740 g/mol. The van der Waals surface area contributed by atoms with Crippen molar-refractivity contribution in [3.63, 3.8) is 0 Å². The van der Waals surface area contributed by atoms with Gasteiger partial charge in [-0.2, -0.15) is 41.4 Å². The molecule has 0 saturated carbocycles. The number of halogens is 4. The first-order valence-corrected chi connectivity index (χ1v) is 43.3. The van der Waals surface area contributed by atoms with Gasteiger partial charge in [0.25, 0.3) is 22.2 Å². The van der Waals surface area contributed by atoms with Crippen molar-refractivity contribution in [1.29, 1.82) is 21.0 Å². The van der Waals surface area contributed by atoms with Gasteiger partial charge in [0, 0.05) is 130 Å². The number of nitrogens with zero attached hydrogens (tertiary/aromatic N) is 20. The van der Waals surface area contributed by atoms with Gasteiger partial charge in [-0.05, 0) is 99.9 Å². The third kappa shape index (κ3) is 25.8. The van der Waals surface area contributed by atoms with Crippen LogP contribution in [0.1, 0.15) is 99.3 Å². The van der Waals surface area contributed by atoms with E-state index in [4.69, 9.17) is 105 Å². The maximum absolute atomic E-state index is 12.7. The molecule has 8 aromatic rings. The number of carbonyl (C=O) groups is 4. The monoisotopic (exact) mass is 1830 g/mol. The Morgan fingerprint density at radius 1 is 0.312 bits per heavy atom. The standard InChI is InChI=1S/4C21H23ClN6O4/c4*22-20-17(12-25-26-21(20)30)31-13-16-3-2-15(32-16)9-19(29)28-7-5-27(6-8-28)18-4-1-14(10-23)11-24-18/h4*1,4,11-12,15-16H,2-3,5-9,13H2,(H,26,30)/t2*15-,16+;2*15-,16-/m1010/s1. The van der Waals surface area contributed by atoms with Crippen molar-refractivity contribution < 1.29 is 57.1 Å². The Bertz CT molecular complexity index is 4860. The van der Waals surface area contributed by atoms with Crippen molar-refractivity contribution in [2.24, 2.45) is 0 Å². The molecule has 672 valence electrons. The molecule has 0 aromatic carbocycles. The number of pyridine rings is 4. The molecule has 8 fully saturated rings. The highest BCUT2D eigenvalue weighted by Crippen LogP contribution is 2.32. The first-order chi connectivity index (χ1) is 62.1. The smallest absolute Gasteiger partial charge is 0.286 e. The van der Waals surface area contributed by atoms with Crippen LogP contribution in [0.2, 0.25) is 20.1 Å². The molecule has 8 aliphatic heterocycles. The average molecular weight is 1840 g/mol. The lowest BCUT2D eigenvalue weighted by Crippen LogP contribution is -2.49. The number of ether oxygens (including phenoxy) is 8. The quantitative estimate of drug-likeness (QED) is 0.0586. The van der Waals surface area contributed by atoms with Gasteiger partial charge in [-0.15, -0.1) is 0 Å². The second-order valence-electron chi connectivity index (χ2n) is 30.9. The number of amides is 4. The van der Waals surface area contributed by atoms with Gasteiger partial charge >= 0.3 is 0 Å². The Hall–Kier alpha value is -12.6. The summed E-state index contributed by atoms with van der Waals surface area (Å²) in [5, 5.41) is 59.0. The molecule has 0 spiro atoms. The molecule has 0 bridgehead atoms. The molecule has 0 unspecified atom stereocenters. The summed E-state index contributed by atoms with van der Waals surface area (Å²) in [6.07, 6.45) is 17.9. The second kappa shape index (κ2) is 45.7. The van der Waals surface area contributed by atoms with Gasteiger partial charge in [0.1, 0.15) is 74.0 Å². The third-order valence-electron chi connectivity index (χ3n) is 22.5. The highest BCUT2D eigenvalue weighted by molar-refractivity contribution is 6.32. The summed E-state index contributed by atoms with van der Waals surface area (Å²) in [4.78, 5) is 130. The summed E-state index contributed by atoms with van der Waals surface area (Å²) < 4.78 is 46.1. The summed E-state index contributed by atoms with van der Waals surface area (Å²) in [5.74, 6) is 4.42. The average Bonchev–Trinajstić information content (AvgIpc) is 1.21. The molecular formula is C84H92Cl4N24O16. The second-order valence-corrected chi connectivity index (χ2v) is 32.5. The van der Waals surface area contributed by atoms with Crippen LogP contribution in [-0.4, -0.2) is 284 Å². The molecule has 40 nitrogen and oxygen atoms in total. The first-order valence-electron chi connectivity index (χ1n) is 41.7. The first kappa shape index (κ1) is 93.0. The molecule has 4 N–H and O–H groups in total. The summed E-state index contributed by atoms with van der Waals surface area (Å²) in [5.41, 5.74) is 0.0928. The number of aromatic nitrogens is 12. The van der Waals surface area contributed by atoms with Crippen LogP contribution in [0.5, 0.6) is 23.0 Å². The number of rotatable bonds is 24. The Kier molecular flexibility index (Phi) is 33.2. The van der Waals surface area contributed by atoms with Crippen molar-refractivity contribution in [1.82, 2.24) is 80.3 Å². The lowest BCUT2D eigenvalue weighted by atomic mass is 10.1. The van der Waals surface area contributed by atoms with Crippen molar-refractivity contribution in [2.75, 3.05) is 151 Å². The summed E-state index contributed by atoms with van der Waals surface area (Å²) in [7, 11) is 0. The number of H-pyrrole nitrogens is 4. The normalized spacial score (nSPS) is 20.8. The van der Waals surface area contributed by atoms with Gasteiger partial charge in [-0.25, -0.2) is 40.3 Å². The molecule has 44 heteroatoms. The van der Waals surface area contributed by atoms with Crippen LogP contribution in [0.3, 0.4) is 0 Å². The van der Waals surface area contributed by atoms with Crippen molar-refractivity contribution in [3.05, 3.63) is 182 Å². The van der Waals surface area contributed by atoms with Crippen molar-refractivity contribution in [2.45, 2.75) is 126 Å². The van der Waals surface area contributed by atoms with Gasteiger partial charge < -0.3 is 77.1 Å². The predicted molar refractivity (Wildman–Crippen MR) is 462 cm³/mol. The van der Waals surface area contributed by atoms with Gasteiger partial charge in [0.2, 0.25) is 23.6 Å². The number of hydrogen-bond donors (Lipinski definition) is 4. The van der Waals surface area contributed by atoms with Crippen molar-refractivity contribution >= 4 is 93.3 Å². The molecule has 8 atom stereocenters. The number of hydrogen-bond acceptors (Lipinski definition) is 32. The molecule has 8 aliphatic rings. The zero-order valence-electron chi connectivity index (χ0n) is 69.5. The summed E-state index contributed by atoms with van der Waals surface area (Å²) in [6, 6.07) is 22.6. The van der Waals surface area contributed by atoms with E-state index >= 15 is 0 Å². The molecule has 4 amide bonds. The largest absolute Gasteiger partial charge is 0.487 e. The fourth-order valence-electron chi connectivity index (χ4n) is 15.4. The van der Waals surface area contributed by atoms with E-state index in [1.54, 1.807) is 49.1 Å². The third-order valence-corrected chi connectivity index (χ3v) is 23.9. The lowest BCUT2D eigenvalue weighted by Gasteiger charge is -2.35. The van der Waals surface area contributed by atoms with E-state index in [1.165, 1.54) is 24.8 Å². The molecule has 16 heterocycles. The maximum atomic E-state index is 12.7. The summed E-state index contributed by atoms with van der Waals surface area (Å²) >= 11 is 23.6. The number of piperazine rings is 4. The van der Waals surface area contributed by atoms with E-state index < -0.39 is 22.2 Å². The molecule has 0 aliphatic carbocycles. The van der Waals surface area contributed by atoms with Crippen LogP contribution in [0, 0.1) is 45.3 Å². The minimum atomic E-state index is -0.505. The van der Waals surface area contributed by atoms with Crippen LogP contribution >= 0.6 is 46.4 Å². The highest BCUT2D eigenvalue weighted by Gasteiger charge is 2.37. The van der Waals surface area contributed by atoms with Gasteiger partial charge in [0.15, 0.2) is 43.1 Å². The lowest BCUT2D eigenvalue weighted by molar-refractivity contribution is -0.135. The number of anilines is 4. The van der Waals surface area contributed by atoms with E-state index in [1.807, 2.05) is 43.9 Å². The SMILES string of the molecule is N#Cc1ccc(N2CCN(C(=O)C[C@@H]3CC[C@@H](COc4cn[nH]c(=O)c4Cl)O3)CC2)nc1.N#Cc1ccc(N2CCN(C(=O)C[C@@H]3CC[C@H](COc4cn[nH]c(=O)c4Cl)O3)CC2)nc1.N#Cc1ccc(N2CCN(C(=O)C[C@H]3CC[C@@H](COc4cn[nH]c(=O)c4Cl)O3)CC2)nc1.N#Cc1ccc(N2CCN(C(=O)C[C@H]3CC[C@H](COc4cn[nH]c(=O)c4Cl)O3)CC2)nc1. The zero-order valence-corrected chi connectivity index (χ0v) is 72.5. The topological polar surface area (TPSA) is 498 Å². The van der Waals surface area contributed by atoms with Crippen LogP contribution in [0.25, 0.3) is 0 Å². The number of nitriles is 4. The summed E-state index contributed by atoms with van der Waals surface area (Å²) in [6.45, 7) is 11.5. The van der Waals surface area contributed by atoms with E-state index in [9.17, 15) is 38.4 Å². The van der Waals surface area contributed by atoms with E-state index in [0.29, 0.717) is 153 Å². The predicted octanol–water partition coefficient (Wildman–Crippen LogP) is 5.42. The molecule has 8 saturated heterocycles. The molecule has 8 aromatic heterocycles. The highest BCUT2D eigenvalue weighted by atomic mass is 35.5. The van der Waals surface area contributed by atoms with Crippen LogP contribution in [0.4, 0.5) is 23.3 Å². The Morgan fingerprint density at radius 3 is 0.688 bits per heavy atom. The minimum Gasteiger partial charge on any atom is -0.487 e. The minimum absolute atomic E-state index is 0.0416. The fraction of sp³-hybridized carbons (Fsp3) is 0.476.